The van der Waals surface area contributed by atoms with Gasteiger partial charge in [0.25, 0.3) is 0 Å². The molecule has 112 valence electrons. The Morgan fingerprint density at radius 3 is 2.52 bits per heavy atom. The number of rotatable bonds is 6. The fourth-order valence-corrected chi connectivity index (χ4v) is 1.76. The molecule has 1 unspecified atom stereocenters. The highest BCUT2D eigenvalue weighted by Crippen LogP contribution is 2.18. The molecule has 1 atom stereocenters. The highest BCUT2D eigenvalue weighted by molar-refractivity contribution is 6.34. The molecule has 0 aromatic heterocycles. The van der Waals surface area contributed by atoms with E-state index in [1.807, 2.05) is 0 Å². The third-order valence-electron chi connectivity index (χ3n) is 2.58. The largest absolute Gasteiger partial charge is 0.478 e. The number of halogens is 1. The van der Waals surface area contributed by atoms with Crippen molar-refractivity contribution >= 4 is 35.4 Å². The summed E-state index contributed by atoms with van der Waals surface area (Å²) in [4.78, 5) is 34.4. The first-order chi connectivity index (χ1) is 9.86. The number of ether oxygens (including phenoxy) is 1. The molecule has 6 heteroatoms. The van der Waals surface area contributed by atoms with Gasteiger partial charge in [-0.25, -0.2) is 9.59 Å². The molecule has 0 fully saturated rings. The lowest BCUT2D eigenvalue weighted by Gasteiger charge is -2.10. The van der Waals surface area contributed by atoms with Crippen LogP contribution in [0.5, 0.6) is 0 Å². The van der Waals surface area contributed by atoms with E-state index >= 15 is 0 Å². The first-order valence-electron chi connectivity index (χ1n) is 6.27. The Kier molecular flexibility index (Phi) is 6.11. The summed E-state index contributed by atoms with van der Waals surface area (Å²) in [6.07, 6.45) is 2.26. The summed E-state index contributed by atoms with van der Waals surface area (Å²) < 4.78 is 4.90. The molecule has 0 bridgehead atoms. The van der Waals surface area contributed by atoms with E-state index in [0.717, 1.165) is 6.08 Å². The number of hydrogen-bond acceptors (Lipinski definition) is 4. The summed E-state index contributed by atoms with van der Waals surface area (Å²) in [5.41, 5.74) is 0.699. The molecule has 1 aromatic rings. The van der Waals surface area contributed by atoms with E-state index in [1.54, 1.807) is 6.92 Å². The van der Waals surface area contributed by atoms with Crippen LogP contribution in [0.15, 0.2) is 24.3 Å². The molecule has 0 heterocycles. The molecule has 0 aliphatic carbocycles. The molecule has 1 N–H and O–H groups in total. The van der Waals surface area contributed by atoms with Gasteiger partial charge in [-0.05, 0) is 37.6 Å². The van der Waals surface area contributed by atoms with Crippen LogP contribution in [0.2, 0.25) is 0 Å². The van der Waals surface area contributed by atoms with Crippen molar-refractivity contribution in [3.8, 4) is 0 Å². The Morgan fingerprint density at radius 2 is 2.00 bits per heavy atom. The summed E-state index contributed by atoms with van der Waals surface area (Å²) in [6.45, 7) is 3.33. The van der Waals surface area contributed by atoms with E-state index in [4.69, 9.17) is 21.4 Å². The maximum Gasteiger partial charge on any atom is 0.338 e. The lowest BCUT2D eigenvalue weighted by atomic mass is 9.99. The molecule has 0 saturated carbocycles. The molecular formula is C15H15ClO5. The molecule has 1 rings (SSSR count). The second-order valence-corrected chi connectivity index (χ2v) is 4.83. The van der Waals surface area contributed by atoms with Crippen molar-refractivity contribution in [2.45, 2.75) is 19.2 Å². The number of carboxylic acids is 1. The van der Waals surface area contributed by atoms with Crippen LogP contribution < -0.4 is 0 Å². The molecule has 21 heavy (non-hydrogen) atoms. The standard InChI is InChI=1S/C15H15ClO5/c1-3-21-15(20)12-8-10(5-7-13(17)18)4-6-11(12)14(19)9(2)16/h4-9H,3H2,1-2H3,(H,17,18)/b7-5+. The van der Waals surface area contributed by atoms with Crippen LogP contribution >= 0.6 is 11.6 Å². The monoisotopic (exact) mass is 310 g/mol. The van der Waals surface area contributed by atoms with E-state index in [-0.39, 0.29) is 17.7 Å². The predicted molar refractivity (Wildman–Crippen MR) is 78.7 cm³/mol. The Balaban J connectivity index is 3.29. The van der Waals surface area contributed by atoms with E-state index in [2.05, 4.69) is 0 Å². The third kappa shape index (κ3) is 4.72. The molecule has 0 radical (unpaired) electrons. The number of carbonyl (C=O) groups is 3. The van der Waals surface area contributed by atoms with Crippen LogP contribution in [0, 0.1) is 0 Å². The van der Waals surface area contributed by atoms with Gasteiger partial charge in [-0.3, -0.25) is 4.79 Å². The summed E-state index contributed by atoms with van der Waals surface area (Å²) in [5.74, 6) is -2.15. The van der Waals surface area contributed by atoms with Gasteiger partial charge in [0, 0.05) is 11.6 Å². The van der Waals surface area contributed by atoms with E-state index in [9.17, 15) is 14.4 Å². The number of aliphatic carboxylic acids is 1. The Hall–Kier alpha value is -2.14. The van der Waals surface area contributed by atoms with Crippen molar-refractivity contribution in [3.63, 3.8) is 0 Å². The number of benzene rings is 1. The predicted octanol–water partition coefficient (Wildman–Crippen LogP) is 2.77. The molecule has 0 aliphatic rings. The summed E-state index contributed by atoms with van der Waals surface area (Å²) in [5, 5.41) is 7.82. The smallest absolute Gasteiger partial charge is 0.338 e. The number of hydrogen-bond donors (Lipinski definition) is 1. The van der Waals surface area contributed by atoms with Gasteiger partial charge in [0.1, 0.15) is 0 Å². The maximum absolute atomic E-state index is 12.0. The minimum Gasteiger partial charge on any atom is -0.478 e. The first kappa shape index (κ1) is 16.9. The zero-order chi connectivity index (χ0) is 16.0. The van der Waals surface area contributed by atoms with Crippen molar-refractivity contribution in [2.75, 3.05) is 6.61 Å². The zero-order valence-corrected chi connectivity index (χ0v) is 12.4. The summed E-state index contributed by atoms with van der Waals surface area (Å²) in [7, 11) is 0. The van der Waals surface area contributed by atoms with Gasteiger partial charge in [-0.15, -0.1) is 11.6 Å². The molecule has 1 aromatic carbocycles. The second kappa shape index (κ2) is 7.59. The van der Waals surface area contributed by atoms with E-state index < -0.39 is 23.1 Å². The highest BCUT2D eigenvalue weighted by atomic mass is 35.5. The van der Waals surface area contributed by atoms with E-state index in [1.165, 1.54) is 31.2 Å². The van der Waals surface area contributed by atoms with E-state index in [0.29, 0.717) is 5.56 Å². The molecule has 0 saturated heterocycles. The zero-order valence-electron chi connectivity index (χ0n) is 11.6. The van der Waals surface area contributed by atoms with Gasteiger partial charge < -0.3 is 9.84 Å². The number of Topliss-reactive ketones (excluding diaryl/α,β-unsaturated/α-hetero) is 1. The van der Waals surface area contributed by atoms with Crippen LogP contribution in [-0.4, -0.2) is 34.8 Å². The van der Waals surface area contributed by atoms with Gasteiger partial charge in [0.15, 0.2) is 5.78 Å². The number of carboxylic acid groups (broad SMARTS) is 1. The SMILES string of the molecule is CCOC(=O)c1cc(/C=C/C(=O)O)ccc1C(=O)C(C)Cl. The molecule has 5 nitrogen and oxygen atoms in total. The van der Waals surface area contributed by atoms with Gasteiger partial charge in [0.2, 0.25) is 0 Å². The first-order valence-corrected chi connectivity index (χ1v) is 6.71. The highest BCUT2D eigenvalue weighted by Gasteiger charge is 2.21. The van der Waals surface area contributed by atoms with Crippen LogP contribution in [0.25, 0.3) is 6.08 Å². The number of carbonyl (C=O) groups excluding carboxylic acids is 2. The Labute approximate surface area is 127 Å². The minimum atomic E-state index is -1.11. The lowest BCUT2D eigenvalue weighted by Crippen LogP contribution is -2.17. The summed E-state index contributed by atoms with van der Waals surface area (Å²) in [6, 6.07) is 4.38. The number of ketones is 1. The topological polar surface area (TPSA) is 80.7 Å². The summed E-state index contributed by atoms with van der Waals surface area (Å²) >= 11 is 5.77. The number of esters is 1. The lowest BCUT2D eigenvalue weighted by molar-refractivity contribution is -0.131. The fraction of sp³-hybridized carbons (Fsp3) is 0.267. The quantitative estimate of drug-likeness (QED) is 0.378. The van der Waals surface area contributed by atoms with Crippen molar-refractivity contribution in [1.29, 1.82) is 0 Å². The van der Waals surface area contributed by atoms with Gasteiger partial charge >= 0.3 is 11.9 Å². The van der Waals surface area contributed by atoms with Gasteiger partial charge in [-0.2, -0.15) is 0 Å². The fourth-order valence-electron chi connectivity index (χ4n) is 1.64. The Bertz CT molecular complexity index is 590. The average Bonchev–Trinajstić information content (AvgIpc) is 2.44. The van der Waals surface area contributed by atoms with Crippen LogP contribution in [-0.2, 0) is 9.53 Å². The van der Waals surface area contributed by atoms with Gasteiger partial charge in [-0.1, -0.05) is 6.07 Å². The second-order valence-electron chi connectivity index (χ2n) is 4.18. The average molecular weight is 311 g/mol. The van der Waals surface area contributed by atoms with Crippen molar-refractivity contribution in [2.24, 2.45) is 0 Å². The van der Waals surface area contributed by atoms with Crippen LogP contribution in [0.3, 0.4) is 0 Å². The Morgan fingerprint density at radius 1 is 1.33 bits per heavy atom. The maximum atomic E-state index is 12.0. The van der Waals surface area contributed by atoms with Crippen LogP contribution in [0.4, 0.5) is 0 Å². The van der Waals surface area contributed by atoms with Crippen molar-refractivity contribution < 1.29 is 24.2 Å². The molecule has 0 aliphatic heterocycles. The number of alkyl halides is 1. The molecule has 0 amide bonds. The minimum absolute atomic E-state index is 0.0712. The van der Waals surface area contributed by atoms with Crippen molar-refractivity contribution in [1.82, 2.24) is 0 Å². The molecule has 0 spiro atoms. The van der Waals surface area contributed by atoms with Crippen molar-refractivity contribution in [3.05, 3.63) is 41.0 Å². The van der Waals surface area contributed by atoms with Crippen LogP contribution in [0.1, 0.15) is 40.1 Å². The van der Waals surface area contributed by atoms with Gasteiger partial charge in [0.05, 0.1) is 17.5 Å². The molecular weight excluding hydrogens is 296 g/mol. The third-order valence-corrected chi connectivity index (χ3v) is 2.78. The normalized spacial score (nSPS) is 12.1.